The Morgan fingerprint density at radius 1 is 1.38 bits per heavy atom. The summed E-state index contributed by atoms with van der Waals surface area (Å²) in [5.41, 5.74) is -0.0480. The normalized spacial score (nSPS) is 14.9. The van der Waals surface area contributed by atoms with Crippen LogP contribution < -0.4 is 5.32 Å². The molecule has 1 heterocycles. The highest BCUT2D eigenvalue weighted by atomic mass is 79.9. The van der Waals surface area contributed by atoms with Gasteiger partial charge in [0.25, 0.3) is 5.91 Å². The summed E-state index contributed by atoms with van der Waals surface area (Å²) in [6, 6.07) is 4.34. The second-order valence-electron chi connectivity index (χ2n) is 4.89. The maximum Gasteiger partial charge on any atom is 0.258 e. The second kappa shape index (κ2) is 7.00. The van der Waals surface area contributed by atoms with E-state index >= 15 is 0 Å². The van der Waals surface area contributed by atoms with Gasteiger partial charge in [-0.25, -0.2) is 4.39 Å². The number of nitrogens with zero attached hydrogens (tertiary/aromatic N) is 2. The van der Waals surface area contributed by atoms with Crippen molar-refractivity contribution in [3.8, 4) is 0 Å². The summed E-state index contributed by atoms with van der Waals surface area (Å²) < 4.78 is 14.2. The molecule has 2 amide bonds. The van der Waals surface area contributed by atoms with Gasteiger partial charge in [0.1, 0.15) is 5.82 Å². The van der Waals surface area contributed by atoms with E-state index in [1.165, 1.54) is 24.1 Å². The van der Waals surface area contributed by atoms with Crippen LogP contribution in [0, 0.1) is 5.82 Å². The minimum Gasteiger partial charge on any atom is -0.339 e. The van der Waals surface area contributed by atoms with Crippen LogP contribution in [0.1, 0.15) is 10.4 Å². The van der Waals surface area contributed by atoms with E-state index in [1.807, 2.05) is 0 Å². The van der Waals surface area contributed by atoms with Gasteiger partial charge in [-0.1, -0.05) is 6.07 Å². The van der Waals surface area contributed by atoms with Crippen molar-refractivity contribution in [2.45, 2.75) is 0 Å². The molecular weight excluding hydrogens is 341 g/mol. The zero-order valence-electron chi connectivity index (χ0n) is 11.7. The fourth-order valence-corrected chi connectivity index (χ4v) is 2.69. The lowest BCUT2D eigenvalue weighted by Gasteiger charge is -2.29. The first-order valence-electron chi connectivity index (χ1n) is 6.68. The number of rotatable bonds is 3. The van der Waals surface area contributed by atoms with Gasteiger partial charge in [-0.05, 0) is 28.1 Å². The molecule has 0 aromatic heterocycles. The molecular formula is C14H17BrFN3O2. The third-order valence-corrected chi connectivity index (χ3v) is 4.03. The van der Waals surface area contributed by atoms with Crippen LogP contribution in [0.3, 0.4) is 0 Å². The van der Waals surface area contributed by atoms with E-state index in [0.717, 1.165) is 13.1 Å². The van der Waals surface area contributed by atoms with Gasteiger partial charge in [0, 0.05) is 37.7 Å². The number of piperazine rings is 1. The molecule has 114 valence electrons. The molecule has 0 radical (unpaired) electrons. The Labute approximate surface area is 131 Å². The summed E-state index contributed by atoms with van der Waals surface area (Å²) in [4.78, 5) is 27.3. The first-order chi connectivity index (χ1) is 10.0. The average molecular weight is 358 g/mol. The van der Waals surface area contributed by atoms with Crippen LogP contribution in [-0.2, 0) is 4.79 Å². The largest absolute Gasteiger partial charge is 0.339 e. The van der Waals surface area contributed by atoms with Crippen LogP contribution in [0.25, 0.3) is 0 Å². The molecule has 1 fully saturated rings. The third kappa shape index (κ3) is 3.79. The predicted molar refractivity (Wildman–Crippen MR) is 80.5 cm³/mol. The fraction of sp³-hybridized carbons (Fsp3) is 0.429. The molecule has 0 bridgehead atoms. The molecule has 1 aliphatic heterocycles. The Bertz CT molecular complexity index is 527. The highest BCUT2D eigenvalue weighted by molar-refractivity contribution is 9.10. The van der Waals surface area contributed by atoms with Crippen LogP contribution >= 0.6 is 15.9 Å². The molecule has 5 nitrogen and oxygen atoms in total. The summed E-state index contributed by atoms with van der Waals surface area (Å²) in [7, 11) is 1.50. The summed E-state index contributed by atoms with van der Waals surface area (Å²) in [5.74, 6) is -1.24. The van der Waals surface area contributed by atoms with E-state index in [-0.39, 0.29) is 18.0 Å². The van der Waals surface area contributed by atoms with Gasteiger partial charge in [0.15, 0.2) is 0 Å². The zero-order valence-corrected chi connectivity index (χ0v) is 13.3. The van der Waals surface area contributed by atoms with Crippen molar-refractivity contribution in [2.24, 2.45) is 0 Å². The molecule has 0 saturated carbocycles. The number of likely N-dealkylation sites (N-methyl/N-ethyl adjacent to an activating group) is 1. The molecule has 0 unspecified atom stereocenters. The number of carbonyl (C=O) groups excluding carboxylic acids is 2. The Balaban J connectivity index is 2.04. The van der Waals surface area contributed by atoms with Crippen molar-refractivity contribution in [3.63, 3.8) is 0 Å². The lowest BCUT2D eigenvalue weighted by molar-refractivity contribution is -0.132. The Morgan fingerprint density at radius 2 is 2.05 bits per heavy atom. The summed E-state index contributed by atoms with van der Waals surface area (Å²) >= 11 is 3.17. The van der Waals surface area contributed by atoms with Crippen molar-refractivity contribution in [2.75, 3.05) is 39.8 Å². The van der Waals surface area contributed by atoms with Crippen molar-refractivity contribution in [3.05, 3.63) is 34.1 Å². The highest BCUT2D eigenvalue weighted by Crippen LogP contribution is 2.21. The molecule has 1 aromatic rings. The zero-order chi connectivity index (χ0) is 15.4. The van der Waals surface area contributed by atoms with Gasteiger partial charge < -0.3 is 15.1 Å². The Kier molecular flexibility index (Phi) is 5.30. The van der Waals surface area contributed by atoms with E-state index in [0.29, 0.717) is 17.6 Å². The van der Waals surface area contributed by atoms with E-state index in [4.69, 9.17) is 0 Å². The molecule has 21 heavy (non-hydrogen) atoms. The van der Waals surface area contributed by atoms with Crippen molar-refractivity contribution < 1.29 is 14.0 Å². The molecule has 0 aliphatic carbocycles. The monoisotopic (exact) mass is 357 g/mol. The van der Waals surface area contributed by atoms with Crippen molar-refractivity contribution in [1.29, 1.82) is 0 Å². The first-order valence-corrected chi connectivity index (χ1v) is 7.48. The molecule has 2 rings (SSSR count). The Morgan fingerprint density at radius 3 is 2.67 bits per heavy atom. The van der Waals surface area contributed by atoms with Crippen LogP contribution in [0.5, 0.6) is 0 Å². The number of hydrogen-bond donors (Lipinski definition) is 1. The van der Waals surface area contributed by atoms with E-state index in [1.54, 1.807) is 11.0 Å². The molecule has 1 N–H and O–H groups in total. The van der Waals surface area contributed by atoms with Gasteiger partial charge in [-0.3, -0.25) is 9.59 Å². The number of carbonyl (C=O) groups is 2. The van der Waals surface area contributed by atoms with Crippen LogP contribution in [-0.4, -0.2) is 61.4 Å². The summed E-state index contributed by atoms with van der Waals surface area (Å²) in [5, 5.41) is 3.16. The molecule has 7 heteroatoms. The van der Waals surface area contributed by atoms with Crippen LogP contribution in [0.2, 0.25) is 0 Å². The van der Waals surface area contributed by atoms with Crippen molar-refractivity contribution in [1.82, 2.24) is 15.1 Å². The quantitative estimate of drug-likeness (QED) is 0.880. The third-order valence-electron chi connectivity index (χ3n) is 3.37. The van der Waals surface area contributed by atoms with Crippen LogP contribution in [0.4, 0.5) is 4.39 Å². The maximum atomic E-state index is 13.8. The van der Waals surface area contributed by atoms with Gasteiger partial charge in [-0.15, -0.1) is 0 Å². The molecule has 1 saturated heterocycles. The predicted octanol–water partition coefficient (Wildman–Crippen LogP) is 1.09. The number of hydrogen-bond acceptors (Lipinski definition) is 3. The number of nitrogens with one attached hydrogen (secondary N) is 1. The highest BCUT2D eigenvalue weighted by Gasteiger charge is 2.23. The van der Waals surface area contributed by atoms with E-state index in [9.17, 15) is 14.0 Å². The number of halogens is 2. The molecule has 0 spiro atoms. The smallest absolute Gasteiger partial charge is 0.258 e. The average Bonchev–Trinajstić information content (AvgIpc) is 2.47. The van der Waals surface area contributed by atoms with Gasteiger partial charge in [-0.2, -0.15) is 0 Å². The molecule has 1 aromatic carbocycles. The number of benzene rings is 1. The van der Waals surface area contributed by atoms with Gasteiger partial charge >= 0.3 is 0 Å². The topological polar surface area (TPSA) is 52.7 Å². The van der Waals surface area contributed by atoms with Gasteiger partial charge in [0.2, 0.25) is 5.91 Å². The summed E-state index contributed by atoms with van der Waals surface area (Å²) in [6.07, 6.45) is 0. The minimum atomic E-state index is -0.601. The minimum absolute atomic E-state index is 0.0480. The standard InChI is InChI=1S/C14H17BrFN3O2/c1-18(9-12(20)19-7-5-17-6-8-19)14(21)13-10(15)3-2-4-11(13)16/h2-4,17H,5-9H2,1H3. The maximum absolute atomic E-state index is 13.8. The Hall–Kier alpha value is -1.47. The van der Waals surface area contributed by atoms with Crippen LogP contribution in [0.15, 0.2) is 22.7 Å². The van der Waals surface area contributed by atoms with Crippen molar-refractivity contribution >= 4 is 27.7 Å². The van der Waals surface area contributed by atoms with E-state index in [2.05, 4.69) is 21.2 Å². The lowest BCUT2D eigenvalue weighted by atomic mass is 10.2. The lowest BCUT2D eigenvalue weighted by Crippen LogP contribution is -2.49. The first kappa shape index (κ1) is 15.9. The fourth-order valence-electron chi connectivity index (χ4n) is 2.18. The van der Waals surface area contributed by atoms with E-state index < -0.39 is 11.7 Å². The molecule has 1 aliphatic rings. The number of amides is 2. The molecule has 0 atom stereocenters. The van der Waals surface area contributed by atoms with Gasteiger partial charge in [0.05, 0.1) is 12.1 Å². The SMILES string of the molecule is CN(CC(=O)N1CCNCC1)C(=O)c1c(F)cccc1Br. The second-order valence-corrected chi connectivity index (χ2v) is 5.74. The summed E-state index contributed by atoms with van der Waals surface area (Å²) in [6.45, 7) is 2.71.